The third-order valence-electron chi connectivity index (χ3n) is 6.45. The second kappa shape index (κ2) is 5.75. The van der Waals surface area contributed by atoms with Crippen molar-refractivity contribution in [3.63, 3.8) is 0 Å². The number of carbonyl (C=O) groups excluding carboxylic acids is 2. The Morgan fingerprint density at radius 1 is 1.32 bits per heavy atom. The largest absolute Gasteiger partial charge is 0.465 e. The Morgan fingerprint density at radius 2 is 2.08 bits per heavy atom. The standard InChI is InChI=1S/C20H26N2O3/c1-3-10-19-11-12-22-16(19)20(13-19,17(23)25-4-2)15(21-18(22)24)14-8-6-5-7-9-14/h5-9,15-16H,3-4,10-13H2,1-2H3,(H,21,24)/t15-,16+,19-,20+/m0/s1. The second-order valence-corrected chi connectivity index (χ2v) is 7.69. The third kappa shape index (κ3) is 2.07. The molecule has 1 N–H and O–H groups in total. The minimum Gasteiger partial charge on any atom is -0.465 e. The van der Waals surface area contributed by atoms with Gasteiger partial charge in [-0.15, -0.1) is 0 Å². The van der Waals surface area contributed by atoms with Crippen molar-refractivity contribution in [1.29, 1.82) is 0 Å². The molecule has 25 heavy (non-hydrogen) atoms. The van der Waals surface area contributed by atoms with Gasteiger partial charge in [-0.1, -0.05) is 43.7 Å². The zero-order chi connectivity index (χ0) is 17.7. The Hall–Kier alpha value is -2.04. The highest BCUT2D eigenvalue weighted by Crippen LogP contribution is 2.69. The number of amides is 2. The van der Waals surface area contributed by atoms with Gasteiger partial charge in [0.25, 0.3) is 0 Å². The SMILES string of the molecule is CCC[C@]12CCN3C(=O)N[C@@H](c4ccccc4)[C@](C(=O)OCC)(C1)[C@H]32. The van der Waals surface area contributed by atoms with Crippen molar-refractivity contribution >= 4 is 12.0 Å². The molecule has 1 aromatic rings. The van der Waals surface area contributed by atoms with E-state index in [9.17, 15) is 9.59 Å². The molecular formula is C20H26N2O3. The summed E-state index contributed by atoms with van der Waals surface area (Å²) in [6.45, 7) is 5.12. The maximum Gasteiger partial charge on any atom is 0.318 e. The number of esters is 1. The lowest BCUT2D eigenvalue weighted by Crippen LogP contribution is -2.75. The van der Waals surface area contributed by atoms with Crippen molar-refractivity contribution in [3.05, 3.63) is 35.9 Å². The summed E-state index contributed by atoms with van der Waals surface area (Å²) in [6, 6.07) is 9.46. The van der Waals surface area contributed by atoms with Gasteiger partial charge in [0.05, 0.1) is 18.7 Å². The van der Waals surface area contributed by atoms with Gasteiger partial charge in [-0.05, 0) is 37.2 Å². The normalized spacial score (nSPS) is 35.6. The molecule has 0 bridgehead atoms. The van der Waals surface area contributed by atoms with Crippen LogP contribution in [0.4, 0.5) is 4.79 Å². The molecule has 3 aliphatic rings. The van der Waals surface area contributed by atoms with Crippen LogP contribution in [0.15, 0.2) is 30.3 Å². The summed E-state index contributed by atoms with van der Waals surface area (Å²) >= 11 is 0. The van der Waals surface area contributed by atoms with Crippen molar-refractivity contribution in [1.82, 2.24) is 10.2 Å². The van der Waals surface area contributed by atoms with E-state index in [-0.39, 0.29) is 29.5 Å². The lowest BCUT2D eigenvalue weighted by atomic mass is 9.44. The summed E-state index contributed by atoms with van der Waals surface area (Å²) in [5.74, 6) is -0.160. The van der Waals surface area contributed by atoms with Crippen LogP contribution in [-0.2, 0) is 9.53 Å². The van der Waals surface area contributed by atoms with Crippen LogP contribution in [-0.4, -0.2) is 36.1 Å². The Balaban J connectivity index is 1.81. The van der Waals surface area contributed by atoms with Gasteiger partial charge in [-0.3, -0.25) is 4.79 Å². The van der Waals surface area contributed by atoms with Crippen LogP contribution in [0.5, 0.6) is 0 Å². The van der Waals surface area contributed by atoms with E-state index < -0.39 is 5.41 Å². The molecule has 0 spiro atoms. The average molecular weight is 342 g/mol. The summed E-state index contributed by atoms with van der Waals surface area (Å²) in [4.78, 5) is 27.8. The lowest BCUT2D eigenvalue weighted by Gasteiger charge is -2.64. The van der Waals surface area contributed by atoms with Crippen molar-refractivity contribution in [3.8, 4) is 0 Å². The van der Waals surface area contributed by atoms with Crippen molar-refractivity contribution < 1.29 is 14.3 Å². The fourth-order valence-electron chi connectivity index (χ4n) is 5.75. The third-order valence-corrected chi connectivity index (χ3v) is 6.45. The number of hydrogen-bond donors (Lipinski definition) is 1. The van der Waals surface area contributed by atoms with Crippen LogP contribution in [0.2, 0.25) is 0 Å². The van der Waals surface area contributed by atoms with Crippen molar-refractivity contribution in [2.45, 2.75) is 51.6 Å². The number of nitrogens with one attached hydrogen (secondary N) is 1. The molecule has 1 saturated carbocycles. The fraction of sp³-hybridized carbons (Fsp3) is 0.600. The van der Waals surface area contributed by atoms with Gasteiger partial charge in [0.1, 0.15) is 5.41 Å². The molecule has 2 amide bonds. The lowest BCUT2D eigenvalue weighted by molar-refractivity contribution is -0.194. The van der Waals surface area contributed by atoms with Crippen molar-refractivity contribution in [2.24, 2.45) is 10.8 Å². The van der Waals surface area contributed by atoms with Crippen molar-refractivity contribution in [2.75, 3.05) is 13.2 Å². The first kappa shape index (κ1) is 16.4. The number of ether oxygens (including phenoxy) is 1. The number of carbonyl (C=O) groups is 2. The van der Waals surface area contributed by atoms with E-state index in [0.29, 0.717) is 6.61 Å². The van der Waals surface area contributed by atoms with E-state index in [4.69, 9.17) is 4.74 Å². The number of benzene rings is 1. The highest BCUT2D eigenvalue weighted by molar-refractivity contribution is 5.88. The molecule has 4 rings (SSSR count). The summed E-state index contributed by atoms with van der Waals surface area (Å²) < 4.78 is 5.52. The maximum atomic E-state index is 13.1. The zero-order valence-electron chi connectivity index (χ0n) is 15.0. The molecule has 2 heterocycles. The van der Waals surface area contributed by atoms with Gasteiger partial charge < -0.3 is 15.0 Å². The second-order valence-electron chi connectivity index (χ2n) is 7.69. The first-order valence-corrected chi connectivity index (χ1v) is 9.38. The monoisotopic (exact) mass is 342 g/mol. The molecule has 4 atom stereocenters. The van der Waals surface area contributed by atoms with E-state index in [1.54, 1.807) is 0 Å². The van der Waals surface area contributed by atoms with Crippen LogP contribution in [0.3, 0.4) is 0 Å². The number of nitrogens with zero attached hydrogens (tertiary/aromatic N) is 1. The Kier molecular flexibility index (Phi) is 3.78. The average Bonchev–Trinajstić information content (AvgIpc) is 2.92. The van der Waals surface area contributed by atoms with Gasteiger partial charge >= 0.3 is 12.0 Å². The van der Waals surface area contributed by atoms with Gasteiger partial charge in [0, 0.05) is 6.54 Å². The van der Waals surface area contributed by atoms with Crippen LogP contribution in [0.25, 0.3) is 0 Å². The quantitative estimate of drug-likeness (QED) is 0.836. The molecule has 3 fully saturated rings. The predicted molar refractivity (Wildman–Crippen MR) is 93.8 cm³/mol. The molecule has 1 aromatic carbocycles. The summed E-state index contributed by atoms with van der Waals surface area (Å²) in [7, 11) is 0. The molecule has 5 heteroatoms. The first-order valence-electron chi connectivity index (χ1n) is 9.38. The highest BCUT2D eigenvalue weighted by Gasteiger charge is 2.76. The Morgan fingerprint density at radius 3 is 2.76 bits per heavy atom. The topological polar surface area (TPSA) is 58.6 Å². The summed E-state index contributed by atoms with van der Waals surface area (Å²) in [6.07, 6.45) is 3.92. The zero-order valence-corrected chi connectivity index (χ0v) is 15.0. The van der Waals surface area contributed by atoms with Crippen LogP contribution < -0.4 is 5.32 Å². The van der Waals surface area contributed by atoms with E-state index in [1.807, 2.05) is 42.2 Å². The molecular weight excluding hydrogens is 316 g/mol. The summed E-state index contributed by atoms with van der Waals surface area (Å²) in [5, 5.41) is 3.12. The molecule has 0 aromatic heterocycles. The molecule has 0 unspecified atom stereocenters. The maximum absolute atomic E-state index is 13.1. The summed E-state index contributed by atoms with van der Waals surface area (Å²) in [5.41, 5.74) is 0.393. The number of urea groups is 1. The minimum absolute atomic E-state index is 0.0436. The van der Waals surface area contributed by atoms with Gasteiger partial charge in [0.15, 0.2) is 0 Å². The Bertz CT molecular complexity index is 691. The number of hydrogen-bond acceptors (Lipinski definition) is 3. The number of rotatable bonds is 5. The first-order chi connectivity index (χ1) is 12.1. The van der Waals surface area contributed by atoms with Crippen LogP contribution in [0, 0.1) is 10.8 Å². The van der Waals surface area contributed by atoms with Crippen LogP contribution >= 0.6 is 0 Å². The Labute approximate surface area is 148 Å². The predicted octanol–water partition coefficient (Wildman–Crippen LogP) is 3.26. The van der Waals surface area contributed by atoms with E-state index in [2.05, 4.69) is 12.2 Å². The molecule has 5 nitrogen and oxygen atoms in total. The van der Waals surface area contributed by atoms with E-state index >= 15 is 0 Å². The van der Waals surface area contributed by atoms with Gasteiger partial charge in [-0.2, -0.15) is 0 Å². The van der Waals surface area contributed by atoms with Crippen LogP contribution in [0.1, 0.15) is 51.1 Å². The fourth-order valence-corrected chi connectivity index (χ4v) is 5.75. The van der Waals surface area contributed by atoms with E-state index in [1.165, 1.54) is 0 Å². The van der Waals surface area contributed by atoms with E-state index in [0.717, 1.165) is 37.8 Å². The molecule has 1 aliphatic carbocycles. The van der Waals surface area contributed by atoms with Gasteiger partial charge in [0.2, 0.25) is 0 Å². The molecule has 134 valence electrons. The smallest absolute Gasteiger partial charge is 0.318 e. The molecule has 2 aliphatic heterocycles. The minimum atomic E-state index is -0.670. The molecule has 2 saturated heterocycles. The molecule has 0 radical (unpaired) electrons. The highest BCUT2D eigenvalue weighted by atomic mass is 16.5. The van der Waals surface area contributed by atoms with Gasteiger partial charge in [-0.25, -0.2) is 4.79 Å².